The topological polar surface area (TPSA) is 46.3 Å². The molecule has 114 valence electrons. The Bertz CT molecular complexity index is 1150. The van der Waals surface area contributed by atoms with Gasteiger partial charge in [-0.3, -0.25) is 0 Å². The van der Waals surface area contributed by atoms with Gasteiger partial charge >= 0.3 is 0 Å². The van der Waals surface area contributed by atoms with Gasteiger partial charge in [-0.2, -0.15) is 0 Å². The first kappa shape index (κ1) is 13.1. The van der Waals surface area contributed by atoms with E-state index in [1.807, 2.05) is 42.5 Å². The first-order chi connectivity index (χ1) is 11.8. The molecule has 0 bridgehead atoms. The molecule has 0 atom stereocenters. The van der Waals surface area contributed by atoms with Crippen molar-refractivity contribution < 1.29 is 9.52 Å². The number of benzene rings is 4. The quantitative estimate of drug-likeness (QED) is 0.415. The molecular weight excluding hydrogens is 298 g/mol. The summed E-state index contributed by atoms with van der Waals surface area (Å²) in [6.45, 7) is 0. The zero-order valence-corrected chi connectivity index (χ0v) is 12.7. The average Bonchev–Trinajstić information content (AvgIpc) is 3.08. The molecule has 0 aliphatic carbocycles. The Morgan fingerprint density at radius 3 is 2.00 bits per heavy atom. The molecule has 0 aliphatic rings. The van der Waals surface area contributed by atoms with Gasteiger partial charge in [0.2, 0.25) is 5.89 Å². The van der Waals surface area contributed by atoms with E-state index >= 15 is 0 Å². The van der Waals surface area contributed by atoms with Gasteiger partial charge in [0, 0.05) is 10.8 Å². The molecule has 0 saturated carbocycles. The highest BCUT2D eigenvalue weighted by molar-refractivity contribution is 6.22. The minimum absolute atomic E-state index is 0.165. The van der Waals surface area contributed by atoms with E-state index in [0.29, 0.717) is 11.5 Å². The van der Waals surface area contributed by atoms with Crippen LogP contribution in [0.25, 0.3) is 44.1 Å². The zero-order chi connectivity index (χ0) is 16.1. The Balaban J connectivity index is 1.98. The zero-order valence-electron chi connectivity index (χ0n) is 12.7. The number of aromatic hydroxyl groups is 1. The first-order valence-electron chi connectivity index (χ1n) is 7.81. The molecule has 0 aliphatic heterocycles. The normalized spacial score (nSPS) is 11.5. The third-order valence-electron chi connectivity index (χ3n) is 4.41. The van der Waals surface area contributed by atoms with Gasteiger partial charge in [-0.25, -0.2) is 4.98 Å². The lowest BCUT2D eigenvalue weighted by molar-refractivity contribution is 0.474. The number of para-hydroxylation sites is 1. The maximum atomic E-state index is 10.1. The fraction of sp³-hybridized carbons (Fsp3) is 0. The third kappa shape index (κ3) is 1.75. The fourth-order valence-electron chi connectivity index (χ4n) is 3.30. The van der Waals surface area contributed by atoms with Crippen LogP contribution >= 0.6 is 0 Å². The van der Waals surface area contributed by atoms with Crippen LogP contribution in [0.2, 0.25) is 0 Å². The van der Waals surface area contributed by atoms with Crippen molar-refractivity contribution in [3.05, 3.63) is 72.8 Å². The smallest absolute Gasteiger partial charge is 0.231 e. The molecule has 1 heterocycles. The maximum Gasteiger partial charge on any atom is 0.231 e. The maximum absolute atomic E-state index is 10.1. The lowest BCUT2D eigenvalue weighted by Crippen LogP contribution is -1.81. The van der Waals surface area contributed by atoms with Crippen LogP contribution in [-0.4, -0.2) is 10.1 Å². The third-order valence-corrected chi connectivity index (χ3v) is 4.41. The molecule has 0 spiro atoms. The molecule has 5 rings (SSSR count). The van der Waals surface area contributed by atoms with Gasteiger partial charge in [0.05, 0.1) is 5.56 Å². The molecule has 4 aromatic carbocycles. The van der Waals surface area contributed by atoms with Crippen LogP contribution in [0.1, 0.15) is 0 Å². The van der Waals surface area contributed by atoms with Crippen molar-refractivity contribution in [2.24, 2.45) is 0 Å². The van der Waals surface area contributed by atoms with Gasteiger partial charge in [-0.15, -0.1) is 0 Å². The second-order valence-corrected chi connectivity index (χ2v) is 5.81. The van der Waals surface area contributed by atoms with E-state index in [0.717, 1.165) is 32.6 Å². The summed E-state index contributed by atoms with van der Waals surface area (Å²) >= 11 is 0. The van der Waals surface area contributed by atoms with E-state index in [9.17, 15) is 5.11 Å². The highest BCUT2D eigenvalue weighted by Gasteiger charge is 2.17. The first-order valence-corrected chi connectivity index (χ1v) is 7.81. The van der Waals surface area contributed by atoms with Crippen LogP contribution in [0.4, 0.5) is 0 Å². The highest BCUT2D eigenvalue weighted by atomic mass is 16.3. The highest BCUT2D eigenvalue weighted by Crippen LogP contribution is 2.38. The van der Waals surface area contributed by atoms with E-state index in [2.05, 4.69) is 18.2 Å². The summed E-state index contributed by atoms with van der Waals surface area (Å²) in [7, 11) is 0. The number of phenolic OH excluding ortho intramolecular Hbond substituents is 1. The van der Waals surface area contributed by atoms with Crippen LogP contribution in [0, 0.1) is 0 Å². The monoisotopic (exact) mass is 311 g/mol. The Hall–Kier alpha value is -3.33. The molecule has 0 amide bonds. The SMILES string of the molecule is Oc1ccccc1-c1nc2c3ccccc3c3ccccc3c2o1. The summed E-state index contributed by atoms with van der Waals surface area (Å²) < 4.78 is 6.09. The predicted molar refractivity (Wildman–Crippen MR) is 96.1 cm³/mol. The Labute approximate surface area is 137 Å². The largest absolute Gasteiger partial charge is 0.507 e. The Morgan fingerprint density at radius 1 is 0.667 bits per heavy atom. The second-order valence-electron chi connectivity index (χ2n) is 5.81. The van der Waals surface area contributed by atoms with Crippen LogP contribution in [0.15, 0.2) is 77.2 Å². The van der Waals surface area contributed by atoms with Gasteiger partial charge in [0.25, 0.3) is 0 Å². The second kappa shape index (κ2) is 4.83. The number of hydrogen-bond donors (Lipinski definition) is 1. The lowest BCUT2D eigenvalue weighted by atomic mass is 10.0. The van der Waals surface area contributed by atoms with E-state index in [1.165, 1.54) is 0 Å². The number of nitrogens with zero attached hydrogens (tertiary/aromatic N) is 1. The van der Waals surface area contributed by atoms with Gasteiger partial charge in [0.15, 0.2) is 5.58 Å². The van der Waals surface area contributed by atoms with Crippen LogP contribution in [0.3, 0.4) is 0 Å². The molecule has 0 fully saturated rings. The van der Waals surface area contributed by atoms with Crippen molar-refractivity contribution >= 4 is 32.6 Å². The van der Waals surface area contributed by atoms with Gasteiger partial charge < -0.3 is 9.52 Å². The minimum Gasteiger partial charge on any atom is -0.507 e. The standard InChI is InChI=1S/C21H13NO2/c23-18-12-6-5-11-17(18)21-22-19-15-9-3-1-7-13(15)14-8-2-4-10-16(14)20(19)24-21/h1-12,23H. The molecular formula is C21H13NO2. The fourth-order valence-corrected chi connectivity index (χ4v) is 3.30. The number of aromatic nitrogens is 1. The van der Waals surface area contributed by atoms with Crippen molar-refractivity contribution in [1.29, 1.82) is 0 Å². The van der Waals surface area contributed by atoms with Crippen LogP contribution < -0.4 is 0 Å². The number of fused-ring (bicyclic) bond motifs is 6. The van der Waals surface area contributed by atoms with E-state index in [1.54, 1.807) is 12.1 Å². The summed E-state index contributed by atoms with van der Waals surface area (Å²) in [6, 6.07) is 23.5. The molecule has 1 N–H and O–H groups in total. The van der Waals surface area contributed by atoms with Crippen LogP contribution in [-0.2, 0) is 0 Å². The van der Waals surface area contributed by atoms with Crippen molar-refractivity contribution in [3.8, 4) is 17.2 Å². The Kier molecular flexibility index (Phi) is 2.65. The molecule has 5 aromatic rings. The number of rotatable bonds is 1. The van der Waals surface area contributed by atoms with Gasteiger partial charge in [-0.1, -0.05) is 60.7 Å². The van der Waals surface area contributed by atoms with Crippen molar-refractivity contribution in [2.45, 2.75) is 0 Å². The molecule has 0 saturated heterocycles. The van der Waals surface area contributed by atoms with Gasteiger partial charge in [-0.05, 0) is 22.9 Å². The van der Waals surface area contributed by atoms with Crippen molar-refractivity contribution in [3.63, 3.8) is 0 Å². The summed E-state index contributed by atoms with van der Waals surface area (Å²) in [5.74, 6) is 0.599. The van der Waals surface area contributed by atoms with Crippen LogP contribution in [0.5, 0.6) is 5.75 Å². The Morgan fingerprint density at radius 2 is 1.25 bits per heavy atom. The predicted octanol–water partition coefficient (Wildman–Crippen LogP) is 5.51. The lowest BCUT2D eigenvalue weighted by Gasteiger charge is -2.04. The molecule has 24 heavy (non-hydrogen) atoms. The van der Waals surface area contributed by atoms with Gasteiger partial charge in [0.1, 0.15) is 11.3 Å². The molecule has 3 nitrogen and oxygen atoms in total. The van der Waals surface area contributed by atoms with E-state index < -0.39 is 0 Å². The summed E-state index contributed by atoms with van der Waals surface area (Å²) in [5.41, 5.74) is 2.17. The summed E-state index contributed by atoms with van der Waals surface area (Å²) in [6.07, 6.45) is 0. The minimum atomic E-state index is 0.165. The number of oxazole rings is 1. The number of phenols is 1. The molecule has 3 heteroatoms. The number of hydrogen-bond acceptors (Lipinski definition) is 3. The summed E-state index contributed by atoms with van der Waals surface area (Å²) in [5, 5.41) is 14.5. The summed E-state index contributed by atoms with van der Waals surface area (Å²) in [4.78, 5) is 4.70. The molecule has 0 unspecified atom stereocenters. The van der Waals surface area contributed by atoms with E-state index in [4.69, 9.17) is 9.40 Å². The van der Waals surface area contributed by atoms with E-state index in [-0.39, 0.29) is 5.75 Å². The average molecular weight is 311 g/mol. The van der Waals surface area contributed by atoms with Crippen molar-refractivity contribution in [2.75, 3.05) is 0 Å². The molecule has 0 radical (unpaired) electrons. The molecule has 1 aromatic heterocycles. The van der Waals surface area contributed by atoms with Crippen molar-refractivity contribution in [1.82, 2.24) is 4.98 Å².